The Morgan fingerprint density at radius 2 is 2.03 bits per heavy atom. The molecule has 2 aromatic carbocycles. The first-order chi connectivity index (χ1) is 14.0. The van der Waals surface area contributed by atoms with Gasteiger partial charge in [-0.05, 0) is 54.8 Å². The summed E-state index contributed by atoms with van der Waals surface area (Å²) in [6.45, 7) is 1.19. The number of benzene rings is 2. The standard InChI is InChI=1S/C22H25ClN2O3S/c1-28-19-4-2-3-16(13-19)14-25-12-11-18(7-10-22(25)27)24-21(26)15-29-20-8-5-17(23)6-9-20/h2-6,8-9,13,18H,7,10-12,14-15H2,1H3,(H,24,26). The predicted molar refractivity (Wildman–Crippen MR) is 116 cm³/mol. The molecule has 7 heteroatoms. The van der Waals surface area contributed by atoms with Crippen molar-refractivity contribution in [1.82, 2.24) is 10.2 Å². The first-order valence-electron chi connectivity index (χ1n) is 9.62. The van der Waals surface area contributed by atoms with Crippen molar-refractivity contribution in [2.24, 2.45) is 0 Å². The minimum absolute atomic E-state index is 0.0105. The van der Waals surface area contributed by atoms with Crippen LogP contribution in [0.1, 0.15) is 24.8 Å². The maximum atomic E-state index is 12.5. The van der Waals surface area contributed by atoms with Crippen LogP contribution >= 0.6 is 23.4 Å². The Hall–Kier alpha value is -2.18. The molecule has 2 amide bonds. The van der Waals surface area contributed by atoms with E-state index in [1.807, 2.05) is 53.4 Å². The average Bonchev–Trinajstić information content (AvgIpc) is 2.90. The van der Waals surface area contributed by atoms with Crippen molar-refractivity contribution >= 4 is 35.2 Å². The van der Waals surface area contributed by atoms with Gasteiger partial charge in [0.15, 0.2) is 0 Å². The van der Waals surface area contributed by atoms with E-state index in [4.69, 9.17) is 16.3 Å². The number of halogens is 1. The number of hydrogen-bond donors (Lipinski definition) is 1. The van der Waals surface area contributed by atoms with Gasteiger partial charge in [-0.15, -0.1) is 11.8 Å². The fourth-order valence-corrected chi connectivity index (χ4v) is 4.12. The highest BCUT2D eigenvalue weighted by molar-refractivity contribution is 8.00. The third-order valence-corrected chi connectivity index (χ3v) is 6.13. The van der Waals surface area contributed by atoms with E-state index in [-0.39, 0.29) is 17.9 Å². The van der Waals surface area contributed by atoms with Gasteiger partial charge in [0.25, 0.3) is 0 Å². The van der Waals surface area contributed by atoms with Crippen LogP contribution in [0.15, 0.2) is 53.4 Å². The van der Waals surface area contributed by atoms with Crippen molar-refractivity contribution in [3.63, 3.8) is 0 Å². The van der Waals surface area contributed by atoms with Gasteiger partial charge < -0.3 is 15.0 Å². The highest BCUT2D eigenvalue weighted by atomic mass is 35.5. The van der Waals surface area contributed by atoms with Crippen LogP contribution in [0, 0.1) is 0 Å². The number of nitrogens with zero attached hydrogens (tertiary/aromatic N) is 1. The predicted octanol–water partition coefficient (Wildman–Crippen LogP) is 4.14. The number of nitrogens with one attached hydrogen (secondary N) is 1. The summed E-state index contributed by atoms with van der Waals surface area (Å²) < 4.78 is 5.26. The highest BCUT2D eigenvalue weighted by Crippen LogP contribution is 2.21. The quantitative estimate of drug-likeness (QED) is 0.668. The second kappa shape index (κ2) is 10.6. The Morgan fingerprint density at radius 1 is 1.24 bits per heavy atom. The molecule has 3 rings (SSSR count). The Kier molecular flexibility index (Phi) is 7.83. The number of likely N-dealkylation sites (tertiary alicyclic amines) is 1. The van der Waals surface area contributed by atoms with E-state index < -0.39 is 0 Å². The van der Waals surface area contributed by atoms with E-state index in [0.29, 0.717) is 36.7 Å². The number of ether oxygens (including phenoxy) is 1. The summed E-state index contributed by atoms with van der Waals surface area (Å²) in [6.07, 6.45) is 1.87. The molecule has 1 atom stereocenters. The van der Waals surface area contributed by atoms with Gasteiger partial charge in [0.2, 0.25) is 11.8 Å². The van der Waals surface area contributed by atoms with E-state index in [1.165, 1.54) is 11.8 Å². The Morgan fingerprint density at radius 3 is 2.79 bits per heavy atom. The van der Waals surface area contributed by atoms with Gasteiger partial charge in [0.05, 0.1) is 12.9 Å². The molecule has 1 N–H and O–H groups in total. The third kappa shape index (κ3) is 6.68. The van der Waals surface area contributed by atoms with Gasteiger partial charge in [0, 0.05) is 35.5 Å². The zero-order valence-corrected chi connectivity index (χ0v) is 18.0. The van der Waals surface area contributed by atoms with Crippen molar-refractivity contribution < 1.29 is 14.3 Å². The number of carbonyl (C=O) groups is 2. The summed E-state index contributed by atoms with van der Waals surface area (Å²) in [5.41, 5.74) is 1.04. The normalized spacial score (nSPS) is 17.0. The largest absolute Gasteiger partial charge is 0.497 e. The maximum Gasteiger partial charge on any atom is 0.230 e. The van der Waals surface area contributed by atoms with Crippen molar-refractivity contribution in [2.45, 2.75) is 36.7 Å². The lowest BCUT2D eigenvalue weighted by molar-refractivity contribution is -0.131. The molecule has 1 aliphatic rings. The van der Waals surface area contributed by atoms with Gasteiger partial charge >= 0.3 is 0 Å². The van der Waals surface area contributed by atoms with Gasteiger partial charge in [0.1, 0.15) is 5.75 Å². The van der Waals surface area contributed by atoms with Gasteiger partial charge in [-0.3, -0.25) is 9.59 Å². The lowest BCUT2D eigenvalue weighted by Gasteiger charge is -2.21. The smallest absolute Gasteiger partial charge is 0.230 e. The summed E-state index contributed by atoms with van der Waals surface area (Å²) >= 11 is 7.36. The molecule has 0 spiro atoms. The minimum atomic E-state index is -0.0105. The maximum absolute atomic E-state index is 12.5. The lowest BCUT2D eigenvalue weighted by atomic mass is 10.1. The zero-order chi connectivity index (χ0) is 20.6. The average molecular weight is 433 g/mol. The van der Waals surface area contributed by atoms with Crippen LogP contribution in [0.3, 0.4) is 0 Å². The molecular formula is C22H25ClN2O3S. The number of rotatable bonds is 7. The molecular weight excluding hydrogens is 408 g/mol. The van der Waals surface area contributed by atoms with E-state index in [2.05, 4.69) is 5.32 Å². The first-order valence-corrected chi connectivity index (χ1v) is 11.0. The Labute approximate surface area is 180 Å². The summed E-state index contributed by atoms with van der Waals surface area (Å²) in [7, 11) is 1.63. The molecule has 154 valence electrons. The van der Waals surface area contributed by atoms with E-state index in [1.54, 1.807) is 7.11 Å². The molecule has 0 bridgehead atoms. The van der Waals surface area contributed by atoms with E-state index in [0.717, 1.165) is 22.6 Å². The van der Waals surface area contributed by atoms with Crippen LogP contribution in [0.2, 0.25) is 5.02 Å². The first kappa shape index (κ1) is 21.5. The molecule has 1 heterocycles. The zero-order valence-electron chi connectivity index (χ0n) is 16.4. The highest BCUT2D eigenvalue weighted by Gasteiger charge is 2.23. The summed E-state index contributed by atoms with van der Waals surface area (Å²) in [4.78, 5) is 27.7. The number of thioether (sulfide) groups is 1. The van der Waals surface area contributed by atoms with Gasteiger partial charge in [-0.1, -0.05) is 23.7 Å². The lowest BCUT2D eigenvalue weighted by Crippen LogP contribution is -2.36. The second-order valence-electron chi connectivity index (χ2n) is 7.00. The fourth-order valence-electron chi connectivity index (χ4n) is 3.29. The second-order valence-corrected chi connectivity index (χ2v) is 8.49. The molecule has 0 aromatic heterocycles. The molecule has 0 aliphatic carbocycles. The van der Waals surface area contributed by atoms with Crippen molar-refractivity contribution in [2.75, 3.05) is 19.4 Å². The molecule has 1 saturated heterocycles. The number of amides is 2. The Balaban J connectivity index is 1.48. The van der Waals surface area contributed by atoms with Crippen LogP contribution in [0.4, 0.5) is 0 Å². The molecule has 1 aliphatic heterocycles. The monoisotopic (exact) mass is 432 g/mol. The Bertz CT molecular complexity index is 844. The van der Waals surface area contributed by atoms with Crippen LogP contribution in [-0.2, 0) is 16.1 Å². The molecule has 0 saturated carbocycles. The van der Waals surface area contributed by atoms with Gasteiger partial charge in [-0.25, -0.2) is 0 Å². The van der Waals surface area contributed by atoms with Crippen molar-refractivity contribution in [1.29, 1.82) is 0 Å². The fraction of sp³-hybridized carbons (Fsp3) is 0.364. The summed E-state index contributed by atoms with van der Waals surface area (Å²) in [5.74, 6) is 1.25. The SMILES string of the molecule is COc1cccc(CN2CCC(NC(=O)CSc3ccc(Cl)cc3)CCC2=O)c1. The number of hydrogen-bond acceptors (Lipinski definition) is 4. The molecule has 1 fully saturated rings. The third-order valence-electron chi connectivity index (χ3n) is 4.86. The van der Waals surface area contributed by atoms with Crippen LogP contribution in [-0.4, -0.2) is 42.2 Å². The van der Waals surface area contributed by atoms with Crippen LogP contribution in [0.25, 0.3) is 0 Å². The summed E-state index contributed by atoms with van der Waals surface area (Å²) in [5, 5.41) is 3.76. The van der Waals surface area contributed by atoms with E-state index >= 15 is 0 Å². The molecule has 5 nitrogen and oxygen atoms in total. The van der Waals surface area contributed by atoms with Crippen LogP contribution < -0.4 is 10.1 Å². The molecule has 2 aromatic rings. The molecule has 1 unspecified atom stereocenters. The van der Waals surface area contributed by atoms with Crippen molar-refractivity contribution in [3.05, 3.63) is 59.1 Å². The molecule has 0 radical (unpaired) electrons. The van der Waals surface area contributed by atoms with Gasteiger partial charge in [-0.2, -0.15) is 0 Å². The molecule has 29 heavy (non-hydrogen) atoms. The van der Waals surface area contributed by atoms with Crippen molar-refractivity contribution in [3.8, 4) is 5.75 Å². The number of carbonyl (C=O) groups excluding carboxylic acids is 2. The minimum Gasteiger partial charge on any atom is -0.497 e. The van der Waals surface area contributed by atoms with E-state index in [9.17, 15) is 9.59 Å². The summed E-state index contributed by atoms with van der Waals surface area (Å²) in [6, 6.07) is 15.2. The topological polar surface area (TPSA) is 58.6 Å². The number of methoxy groups -OCH3 is 1. The van der Waals surface area contributed by atoms with Crippen LogP contribution in [0.5, 0.6) is 5.75 Å².